The van der Waals surface area contributed by atoms with Gasteiger partial charge < -0.3 is 9.64 Å². The number of rotatable bonds is 4. The van der Waals surface area contributed by atoms with Gasteiger partial charge in [0, 0.05) is 26.3 Å². The van der Waals surface area contributed by atoms with E-state index in [9.17, 15) is 9.59 Å². The van der Waals surface area contributed by atoms with Gasteiger partial charge in [-0.2, -0.15) is 5.10 Å². The number of hydrogen-bond acceptors (Lipinski definition) is 4. The highest BCUT2D eigenvalue weighted by atomic mass is 16.5. The summed E-state index contributed by atoms with van der Waals surface area (Å²) in [4.78, 5) is 27.0. The number of aromatic nitrogens is 2. The fourth-order valence-electron chi connectivity index (χ4n) is 3.52. The van der Waals surface area contributed by atoms with Crippen molar-refractivity contribution < 1.29 is 9.53 Å². The molecule has 0 atom stereocenters. The summed E-state index contributed by atoms with van der Waals surface area (Å²) >= 11 is 0. The Bertz CT molecular complexity index is 1030. The monoisotopic (exact) mass is 375 g/mol. The normalized spacial score (nSPS) is 12.8. The molecule has 0 spiro atoms. The third-order valence-corrected chi connectivity index (χ3v) is 4.93. The van der Waals surface area contributed by atoms with E-state index in [1.807, 2.05) is 36.4 Å². The maximum atomic E-state index is 13.2. The Morgan fingerprint density at radius 3 is 2.18 bits per heavy atom. The molecule has 3 aromatic rings. The molecule has 2 aromatic carbocycles. The summed E-state index contributed by atoms with van der Waals surface area (Å²) in [6, 6.07) is 19.1. The first-order chi connectivity index (χ1) is 13.7. The van der Waals surface area contributed by atoms with Gasteiger partial charge in [-0.1, -0.05) is 48.5 Å². The van der Waals surface area contributed by atoms with Gasteiger partial charge in [-0.05, 0) is 28.3 Å². The van der Waals surface area contributed by atoms with Gasteiger partial charge in [0.2, 0.25) is 0 Å². The van der Waals surface area contributed by atoms with Crippen LogP contribution in [0.2, 0.25) is 0 Å². The topological polar surface area (TPSA) is 64.4 Å². The number of fused-ring (bicyclic) bond motifs is 3. The molecule has 142 valence electrons. The number of methoxy groups -OCH3 is 1. The first-order valence-corrected chi connectivity index (χ1v) is 9.20. The third-order valence-electron chi connectivity index (χ3n) is 4.93. The summed E-state index contributed by atoms with van der Waals surface area (Å²) < 4.78 is 6.29. The first kappa shape index (κ1) is 18.1. The minimum absolute atomic E-state index is 0.197. The van der Waals surface area contributed by atoms with Crippen LogP contribution in [0.25, 0.3) is 11.1 Å². The zero-order chi connectivity index (χ0) is 19.5. The molecule has 0 bridgehead atoms. The lowest BCUT2D eigenvalue weighted by Gasteiger charge is -2.21. The molecule has 0 radical (unpaired) electrons. The zero-order valence-corrected chi connectivity index (χ0v) is 15.7. The van der Waals surface area contributed by atoms with E-state index in [-0.39, 0.29) is 17.2 Å². The van der Waals surface area contributed by atoms with Gasteiger partial charge in [-0.25, -0.2) is 4.68 Å². The molecule has 0 unspecified atom stereocenters. The minimum atomic E-state index is -0.250. The fraction of sp³-hybridized carbons (Fsp3) is 0.227. The van der Waals surface area contributed by atoms with Crippen LogP contribution in [0.3, 0.4) is 0 Å². The molecule has 1 aliphatic heterocycles. The SMILES string of the molecule is COCCn1nc(C(=O)N2Cc3ccccc3-c3ccccc3C2)ccc1=O. The maximum absolute atomic E-state index is 13.2. The highest BCUT2D eigenvalue weighted by Gasteiger charge is 2.24. The second kappa shape index (κ2) is 7.78. The molecule has 1 amide bonds. The van der Waals surface area contributed by atoms with Crippen LogP contribution >= 0.6 is 0 Å². The van der Waals surface area contributed by atoms with Gasteiger partial charge >= 0.3 is 0 Å². The molecule has 6 heteroatoms. The van der Waals surface area contributed by atoms with Crippen molar-refractivity contribution in [1.82, 2.24) is 14.7 Å². The van der Waals surface area contributed by atoms with Crippen LogP contribution in [0.5, 0.6) is 0 Å². The molecule has 0 aliphatic carbocycles. The Labute approximate surface area is 163 Å². The summed E-state index contributed by atoms with van der Waals surface area (Å²) in [6.07, 6.45) is 0. The second-order valence-electron chi connectivity index (χ2n) is 6.75. The van der Waals surface area contributed by atoms with Gasteiger partial charge in [0.05, 0.1) is 13.2 Å². The van der Waals surface area contributed by atoms with E-state index >= 15 is 0 Å². The van der Waals surface area contributed by atoms with Crippen molar-refractivity contribution in [2.24, 2.45) is 0 Å². The van der Waals surface area contributed by atoms with Gasteiger partial charge in [0.15, 0.2) is 0 Å². The van der Waals surface area contributed by atoms with Crippen molar-refractivity contribution in [3.63, 3.8) is 0 Å². The molecule has 2 heterocycles. The van der Waals surface area contributed by atoms with Gasteiger partial charge in [0.25, 0.3) is 11.5 Å². The van der Waals surface area contributed by atoms with E-state index in [1.54, 1.807) is 12.0 Å². The number of hydrogen-bond donors (Lipinski definition) is 0. The second-order valence-corrected chi connectivity index (χ2v) is 6.75. The standard InChI is InChI=1S/C22H21N3O3/c1-28-13-12-25-21(26)11-10-20(23-25)22(27)24-14-16-6-2-4-8-18(16)19-9-5-3-7-17(19)15-24/h2-11H,12-15H2,1H3. The molecular weight excluding hydrogens is 354 g/mol. The molecule has 28 heavy (non-hydrogen) atoms. The molecule has 4 rings (SSSR count). The summed E-state index contributed by atoms with van der Waals surface area (Å²) in [5, 5.41) is 4.26. The lowest BCUT2D eigenvalue weighted by atomic mass is 9.97. The predicted octanol–water partition coefficient (Wildman–Crippen LogP) is 2.71. The van der Waals surface area contributed by atoms with E-state index in [1.165, 1.54) is 16.8 Å². The molecule has 0 saturated carbocycles. The smallest absolute Gasteiger partial charge is 0.274 e. The number of ether oxygens (including phenoxy) is 1. The minimum Gasteiger partial charge on any atom is -0.383 e. The summed E-state index contributed by atoms with van der Waals surface area (Å²) in [7, 11) is 1.56. The number of amides is 1. The quantitative estimate of drug-likeness (QED) is 0.703. The predicted molar refractivity (Wildman–Crippen MR) is 106 cm³/mol. The van der Waals surface area contributed by atoms with Gasteiger partial charge in [-0.15, -0.1) is 0 Å². The fourth-order valence-corrected chi connectivity index (χ4v) is 3.52. The van der Waals surface area contributed by atoms with Crippen LogP contribution < -0.4 is 5.56 Å². The number of benzene rings is 2. The number of carbonyl (C=O) groups is 1. The highest BCUT2D eigenvalue weighted by Crippen LogP contribution is 2.32. The van der Waals surface area contributed by atoms with Crippen LogP contribution in [0.15, 0.2) is 65.5 Å². The maximum Gasteiger partial charge on any atom is 0.274 e. The number of nitrogens with zero attached hydrogens (tertiary/aromatic N) is 3. The van der Waals surface area contributed by atoms with E-state index in [0.717, 1.165) is 22.3 Å². The van der Waals surface area contributed by atoms with Crippen LogP contribution in [-0.2, 0) is 24.4 Å². The Kier molecular flexibility index (Phi) is 5.04. The molecule has 0 fully saturated rings. The van der Waals surface area contributed by atoms with Gasteiger partial charge in [0.1, 0.15) is 5.69 Å². The first-order valence-electron chi connectivity index (χ1n) is 9.20. The van der Waals surface area contributed by atoms with Crippen LogP contribution in [0.1, 0.15) is 21.6 Å². The van der Waals surface area contributed by atoms with E-state index in [4.69, 9.17) is 4.74 Å². The number of carbonyl (C=O) groups excluding carboxylic acids is 1. The molecule has 0 saturated heterocycles. The van der Waals surface area contributed by atoms with E-state index in [0.29, 0.717) is 26.2 Å². The van der Waals surface area contributed by atoms with Crippen LogP contribution in [0.4, 0.5) is 0 Å². The zero-order valence-electron chi connectivity index (χ0n) is 15.7. The summed E-state index contributed by atoms with van der Waals surface area (Å²) in [5.74, 6) is -0.197. The van der Waals surface area contributed by atoms with Crippen LogP contribution in [-0.4, -0.2) is 34.3 Å². The molecule has 1 aliphatic rings. The average molecular weight is 375 g/mol. The van der Waals surface area contributed by atoms with Crippen molar-refractivity contribution in [2.45, 2.75) is 19.6 Å². The lowest BCUT2D eigenvalue weighted by Crippen LogP contribution is -2.33. The lowest BCUT2D eigenvalue weighted by molar-refractivity contribution is 0.0722. The molecular formula is C22H21N3O3. The molecule has 0 N–H and O–H groups in total. The Hall–Kier alpha value is -3.25. The van der Waals surface area contributed by atoms with E-state index in [2.05, 4.69) is 17.2 Å². The summed E-state index contributed by atoms with van der Waals surface area (Å²) in [5.41, 5.74) is 4.48. The Morgan fingerprint density at radius 1 is 0.964 bits per heavy atom. The van der Waals surface area contributed by atoms with Crippen molar-refractivity contribution in [3.8, 4) is 11.1 Å². The highest BCUT2D eigenvalue weighted by molar-refractivity contribution is 5.92. The van der Waals surface area contributed by atoms with Crippen molar-refractivity contribution in [2.75, 3.05) is 13.7 Å². The van der Waals surface area contributed by atoms with Crippen molar-refractivity contribution in [1.29, 1.82) is 0 Å². The Morgan fingerprint density at radius 2 is 1.57 bits per heavy atom. The average Bonchev–Trinajstić information content (AvgIpc) is 2.89. The van der Waals surface area contributed by atoms with Crippen molar-refractivity contribution >= 4 is 5.91 Å². The van der Waals surface area contributed by atoms with Crippen molar-refractivity contribution in [3.05, 3.63) is 87.8 Å². The molecule has 1 aromatic heterocycles. The molecule has 6 nitrogen and oxygen atoms in total. The Balaban J connectivity index is 1.71. The van der Waals surface area contributed by atoms with Gasteiger partial charge in [-0.3, -0.25) is 9.59 Å². The van der Waals surface area contributed by atoms with Crippen LogP contribution in [0, 0.1) is 0 Å². The summed E-state index contributed by atoms with van der Waals surface area (Å²) in [6.45, 7) is 1.64. The largest absolute Gasteiger partial charge is 0.383 e. The third kappa shape index (κ3) is 3.46. The van der Waals surface area contributed by atoms with E-state index < -0.39 is 0 Å².